The molecule has 1 saturated heterocycles. The van der Waals surface area contributed by atoms with Crippen molar-refractivity contribution in [1.82, 2.24) is 10.6 Å². The summed E-state index contributed by atoms with van der Waals surface area (Å²) in [5.74, 6) is -4.44. The Labute approximate surface area is 205 Å². The van der Waals surface area contributed by atoms with E-state index in [4.69, 9.17) is 17.3 Å². The molecule has 4 atom stereocenters. The molecule has 4 unspecified atom stereocenters. The number of nitrogens with one attached hydrogen (secondary N) is 2. The Kier molecular flexibility index (Phi) is 6.50. The van der Waals surface area contributed by atoms with Crippen molar-refractivity contribution in [1.29, 1.82) is 0 Å². The van der Waals surface area contributed by atoms with E-state index in [0.717, 1.165) is 12.2 Å². The van der Waals surface area contributed by atoms with Gasteiger partial charge in [0.25, 0.3) is 5.91 Å². The number of aliphatic hydroxyl groups excluding tert-OH is 1. The van der Waals surface area contributed by atoms with Gasteiger partial charge in [0.05, 0.1) is 15.9 Å². The predicted molar refractivity (Wildman–Crippen MR) is 126 cm³/mol. The molecule has 4 rings (SSSR count). The Bertz CT molecular complexity index is 1290. The number of allylic oxidation sites excluding steroid dienone is 2. The summed E-state index contributed by atoms with van der Waals surface area (Å²) in [7, 11) is -0.918. The molecular weight excluding hydrogens is 500 g/mol. The van der Waals surface area contributed by atoms with Crippen LogP contribution in [0.3, 0.4) is 0 Å². The number of amides is 2. The fraction of sp³-hybridized carbons (Fsp3) is 0.182. The Balaban J connectivity index is 1.66. The molecule has 11 nitrogen and oxygen atoms in total. The summed E-state index contributed by atoms with van der Waals surface area (Å²) in [6.07, 6.45) is 1.98. The van der Waals surface area contributed by atoms with E-state index in [1.807, 2.05) is 0 Å². The Morgan fingerprint density at radius 2 is 1.89 bits per heavy atom. The zero-order valence-corrected chi connectivity index (χ0v) is 19.3. The fourth-order valence-corrected chi connectivity index (χ4v) is 6.33. The number of benzene rings is 1. The van der Waals surface area contributed by atoms with Crippen LogP contribution in [-0.2, 0) is 34.9 Å². The van der Waals surface area contributed by atoms with Gasteiger partial charge in [0.2, 0.25) is 23.1 Å². The van der Waals surface area contributed by atoms with Crippen molar-refractivity contribution >= 4 is 56.9 Å². The van der Waals surface area contributed by atoms with Crippen molar-refractivity contribution in [3.8, 4) is 0 Å². The molecule has 0 bridgehead atoms. The van der Waals surface area contributed by atoms with E-state index in [1.54, 1.807) is 30.3 Å². The SMILES string of the molecule is NC(=O)C1=C(O)C=CC(=O)C1=NC(C(=O)NC1C(=O)[S+]2CC(Cl)=C(C(=O)O)NC12)c1ccccc1. The third-order valence-electron chi connectivity index (χ3n) is 5.46. The molecule has 1 fully saturated rings. The maximum absolute atomic E-state index is 13.3. The van der Waals surface area contributed by atoms with Gasteiger partial charge in [-0.15, -0.1) is 0 Å². The van der Waals surface area contributed by atoms with E-state index in [-0.39, 0.29) is 21.6 Å². The van der Waals surface area contributed by atoms with E-state index in [0.29, 0.717) is 5.56 Å². The van der Waals surface area contributed by atoms with Crippen molar-refractivity contribution in [3.63, 3.8) is 0 Å². The van der Waals surface area contributed by atoms with Gasteiger partial charge in [0.1, 0.15) is 22.7 Å². The monoisotopic (exact) mass is 517 g/mol. The highest BCUT2D eigenvalue weighted by molar-refractivity contribution is 8.14. The lowest BCUT2D eigenvalue weighted by Crippen LogP contribution is -2.72. The highest BCUT2D eigenvalue weighted by Crippen LogP contribution is 2.34. The summed E-state index contributed by atoms with van der Waals surface area (Å²) in [4.78, 5) is 65.9. The maximum atomic E-state index is 13.3. The first-order valence-corrected chi connectivity index (χ1v) is 11.9. The van der Waals surface area contributed by atoms with Crippen LogP contribution in [0.2, 0.25) is 0 Å². The number of hydrogen-bond donors (Lipinski definition) is 5. The third kappa shape index (κ3) is 4.45. The minimum Gasteiger partial charge on any atom is -0.507 e. The van der Waals surface area contributed by atoms with E-state index in [1.165, 1.54) is 0 Å². The van der Waals surface area contributed by atoms with Gasteiger partial charge >= 0.3 is 11.1 Å². The van der Waals surface area contributed by atoms with Gasteiger partial charge in [-0.1, -0.05) is 41.9 Å². The summed E-state index contributed by atoms with van der Waals surface area (Å²) in [6.45, 7) is 0. The normalized spacial score (nSPS) is 25.5. The summed E-state index contributed by atoms with van der Waals surface area (Å²) in [5.41, 5.74) is 4.37. The van der Waals surface area contributed by atoms with Gasteiger partial charge < -0.3 is 26.6 Å². The van der Waals surface area contributed by atoms with Crippen LogP contribution >= 0.6 is 11.6 Å². The first kappa shape index (κ1) is 24.2. The average molecular weight is 518 g/mol. The van der Waals surface area contributed by atoms with Gasteiger partial charge in [0, 0.05) is 0 Å². The molecule has 1 aliphatic carbocycles. The molecule has 0 spiro atoms. The van der Waals surface area contributed by atoms with E-state index in [2.05, 4.69) is 15.6 Å². The average Bonchev–Trinajstić information content (AvgIpc) is 2.82. The van der Waals surface area contributed by atoms with Crippen LogP contribution in [0.4, 0.5) is 0 Å². The molecule has 0 radical (unpaired) electrons. The number of halogens is 1. The highest BCUT2D eigenvalue weighted by Gasteiger charge is 2.64. The van der Waals surface area contributed by atoms with Gasteiger partial charge in [-0.2, -0.15) is 0 Å². The molecule has 6 N–H and O–H groups in total. The molecule has 1 aromatic carbocycles. The van der Waals surface area contributed by atoms with Crippen molar-refractivity contribution in [2.24, 2.45) is 10.7 Å². The molecule has 2 amide bonds. The van der Waals surface area contributed by atoms with Gasteiger partial charge in [-0.25, -0.2) is 9.59 Å². The number of carboxylic acid groups (broad SMARTS) is 1. The van der Waals surface area contributed by atoms with Crippen molar-refractivity contribution in [3.05, 3.63) is 70.1 Å². The molecular formula is C22H18ClN4O7S+. The number of nitrogens with zero attached hydrogens (tertiary/aromatic N) is 1. The second kappa shape index (κ2) is 9.39. The molecule has 0 aromatic heterocycles. The summed E-state index contributed by atoms with van der Waals surface area (Å²) in [5, 5.41) is 23.7. The number of aliphatic hydroxyl groups is 1. The first-order chi connectivity index (χ1) is 16.6. The maximum Gasteiger partial charge on any atom is 0.363 e. The van der Waals surface area contributed by atoms with Crippen molar-refractivity contribution in [2.45, 2.75) is 17.5 Å². The molecule has 3 aliphatic rings. The number of aliphatic imine (C=N–C) groups is 1. The van der Waals surface area contributed by atoms with Gasteiger partial charge in [0.15, 0.2) is 11.8 Å². The molecule has 2 heterocycles. The number of hydrogen-bond acceptors (Lipinski definition) is 8. The third-order valence-corrected chi connectivity index (χ3v) is 8.32. The second-order valence-electron chi connectivity index (χ2n) is 7.64. The van der Waals surface area contributed by atoms with Crippen LogP contribution in [0.15, 0.2) is 69.5 Å². The lowest BCUT2D eigenvalue weighted by molar-refractivity contribution is -0.133. The molecule has 0 saturated carbocycles. The number of fused-ring (bicyclic) bond motifs is 1. The largest absolute Gasteiger partial charge is 0.507 e. The number of ketones is 1. The van der Waals surface area contributed by atoms with Crippen LogP contribution < -0.4 is 16.4 Å². The number of primary amides is 1. The van der Waals surface area contributed by atoms with Crippen molar-refractivity contribution < 1.29 is 34.2 Å². The smallest absolute Gasteiger partial charge is 0.363 e. The Morgan fingerprint density at radius 3 is 2.51 bits per heavy atom. The number of nitrogens with two attached hydrogens (primary N) is 1. The molecule has 2 aliphatic heterocycles. The number of carbonyl (C=O) groups is 5. The second-order valence-corrected chi connectivity index (χ2v) is 10.2. The molecule has 35 heavy (non-hydrogen) atoms. The topological polar surface area (TPSA) is 188 Å². The summed E-state index contributed by atoms with van der Waals surface area (Å²) < 4.78 is 0. The highest BCUT2D eigenvalue weighted by atomic mass is 35.5. The van der Waals surface area contributed by atoms with E-state index in [9.17, 15) is 34.2 Å². The first-order valence-electron chi connectivity index (χ1n) is 10.1. The standard InChI is InChI=1S/C22H17ClN4O7S/c23-10-8-35-20(27-15(10)21(32)33)17(22(35)34)26-19(31)14(9-4-2-1-3-5-9)25-16-12(29)7-6-11(28)13(16)18(24)30/h1-7,14,17,20,27H,8H2,(H4-,24,25,26,28,30,31,32,33)/p+1. The predicted octanol–water partition coefficient (Wildman–Crippen LogP) is -0.287. The number of carbonyl (C=O) groups excluding carboxylic acids is 4. The van der Waals surface area contributed by atoms with Crippen LogP contribution in [-0.4, -0.2) is 61.8 Å². The summed E-state index contributed by atoms with van der Waals surface area (Å²) in [6, 6.07) is 5.61. The quantitative estimate of drug-likeness (QED) is 0.251. The van der Waals surface area contributed by atoms with Gasteiger partial charge in [-0.3, -0.25) is 19.4 Å². The number of carboxylic acids is 1. The van der Waals surface area contributed by atoms with E-state index < -0.39 is 69.0 Å². The van der Waals surface area contributed by atoms with Crippen LogP contribution in [0, 0.1) is 0 Å². The van der Waals surface area contributed by atoms with Crippen LogP contribution in [0.25, 0.3) is 0 Å². The van der Waals surface area contributed by atoms with Crippen LogP contribution in [0.5, 0.6) is 0 Å². The molecule has 1 aromatic rings. The van der Waals surface area contributed by atoms with Gasteiger partial charge in [-0.05, 0) is 17.7 Å². The fourth-order valence-electron chi connectivity index (χ4n) is 3.77. The van der Waals surface area contributed by atoms with E-state index >= 15 is 0 Å². The zero-order chi connectivity index (χ0) is 25.4. The summed E-state index contributed by atoms with van der Waals surface area (Å²) >= 11 is 5.98. The Hall–Kier alpha value is -3.90. The number of rotatable bonds is 6. The lowest BCUT2D eigenvalue weighted by Gasteiger charge is -2.37. The minimum absolute atomic E-state index is 0.0261. The molecule has 13 heteroatoms. The van der Waals surface area contributed by atoms with Crippen molar-refractivity contribution in [2.75, 3.05) is 5.75 Å². The zero-order valence-electron chi connectivity index (χ0n) is 17.7. The van der Waals surface area contributed by atoms with Crippen LogP contribution in [0.1, 0.15) is 11.6 Å². The minimum atomic E-state index is -1.39. The Morgan fingerprint density at radius 1 is 1.20 bits per heavy atom. The number of aliphatic carboxylic acids is 1. The lowest BCUT2D eigenvalue weighted by atomic mass is 9.97. The molecule has 180 valence electrons.